The van der Waals surface area contributed by atoms with E-state index < -0.39 is 10.0 Å². The summed E-state index contributed by atoms with van der Waals surface area (Å²) in [6.07, 6.45) is 4.46. The molecule has 0 radical (unpaired) electrons. The van der Waals surface area contributed by atoms with Crippen LogP contribution in [-0.4, -0.2) is 72.3 Å². The van der Waals surface area contributed by atoms with Gasteiger partial charge in [0.25, 0.3) is 0 Å². The van der Waals surface area contributed by atoms with Gasteiger partial charge in [0.15, 0.2) is 0 Å². The van der Waals surface area contributed by atoms with E-state index in [1.54, 1.807) is 12.1 Å². The molecule has 1 unspecified atom stereocenters. The number of benzene rings is 1. The molecule has 9 heteroatoms. The molecule has 1 fully saturated rings. The molecule has 1 atom stereocenters. The molecule has 2 heterocycles. The zero-order valence-corrected chi connectivity index (χ0v) is 22.0. The molecule has 1 aliphatic heterocycles. The van der Waals surface area contributed by atoms with E-state index in [0.717, 1.165) is 30.2 Å². The number of carbonyl (C=O) groups is 1. The number of aromatic nitrogens is 2. The molecule has 1 aromatic heterocycles. The van der Waals surface area contributed by atoms with Gasteiger partial charge in [0.1, 0.15) is 5.82 Å². The standard InChI is InChI=1S/C25H41N5O3S/c1-5-29(6-2)34(32,33)21-11-12-23-22(18-21)27-24(30(23)7-3)13-14-25(31)26-15-9-17-28-16-8-10-20(4)19-28/h11-12,18,20H,5-10,13-17,19H2,1-4H3,(H,26,31). The van der Waals surface area contributed by atoms with Gasteiger partial charge in [0.2, 0.25) is 15.9 Å². The molecule has 0 spiro atoms. The Kier molecular flexibility index (Phi) is 9.50. The summed E-state index contributed by atoms with van der Waals surface area (Å²) in [6.45, 7) is 13.7. The summed E-state index contributed by atoms with van der Waals surface area (Å²) in [6, 6.07) is 5.14. The zero-order chi connectivity index (χ0) is 24.7. The monoisotopic (exact) mass is 491 g/mol. The predicted molar refractivity (Wildman–Crippen MR) is 136 cm³/mol. The fourth-order valence-corrected chi connectivity index (χ4v) is 6.39. The number of hydrogen-bond acceptors (Lipinski definition) is 5. The van der Waals surface area contributed by atoms with Crippen molar-refractivity contribution in [2.75, 3.05) is 39.3 Å². The van der Waals surface area contributed by atoms with Crippen molar-refractivity contribution in [2.24, 2.45) is 5.92 Å². The first-order valence-corrected chi connectivity index (χ1v) is 14.2. The highest BCUT2D eigenvalue weighted by Gasteiger charge is 2.23. The predicted octanol–water partition coefficient (Wildman–Crippen LogP) is 3.26. The van der Waals surface area contributed by atoms with E-state index in [1.165, 1.54) is 30.2 Å². The molecule has 0 saturated carbocycles. The molecule has 0 bridgehead atoms. The highest BCUT2D eigenvalue weighted by atomic mass is 32.2. The van der Waals surface area contributed by atoms with Crippen LogP contribution in [0.1, 0.15) is 59.2 Å². The number of hydrogen-bond donors (Lipinski definition) is 1. The van der Waals surface area contributed by atoms with Gasteiger partial charge in [-0.25, -0.2) is 13.4 Å². The van der Waals surface area contributed by atoms with Crippen LogP contribution in [0.4, 0.5) is 0 Å². The largest absolute Gasteiger partial charge is 0.356 e. The summed E-state index contributed by atoms with van der Waals surface area (Å²) in [5.74, 6) is 1.62. The number of nitrogens with zero attached hydrogens (tertiary/aromatic N) is 4. The molecule has 190 valence electrons. The maximum absolute atomic E-state index is 12.9. The van der Waals surface area contributed by atoms with E-state index in [4.69, 9.17) is 4.98 Å². The molecule has 1 aliphatic rings. The highest BCUT2D eigenvalue weighted by Crippen LogP contribution is 2.23. The lowest BCUT2D eigenvalue weighted by Gasteiger charge is -2.30. The number of imidazole rings is 1. The molecular weight excluding hydrogens is 450 g/mol. The Morgan fingerprint density at radius 1 is 1.24 bits per heavy atom. The smallest absolute Gasteiger partial charge is 0.243 e. The Morgan fingerprint density at radius 2 is 2.00 bits per heavy atom. The third-order valence-electron chi connectivity index (χ3n) is 6.75. The Labute approximate surface area is 204 Å². The second kappa shape index (κ2) is 12.1. The van der Waals surface area contributed by atoms with Crippen LogP contribution in [0.5, 0.6) is 0 Å². The molecule has 2 aromatic rings. The van der Waals surface area contributed by atoms with E-state index in [2.05, 4.69) is 21.7 Å². The lowest BCUT2D eigenvalue weighted by atomic mass is 10.0. The first kappa shape index (κ1) is 26.6. The van der Waals surface area contributed by atoms with Crippen LogP contribution in [0.15, 0.2) is 23.1 Å². The van der Waals surface area contributed by atoms with Crippen molar-refractivity contribution in [3.8, 4) is 0 Å². The number of aryl methyl sites for hydroxylation is 2. The van der Waals surface area contributed by atoms with Gasteiger partial charge >= 0.3 is 0 Å². The number of nitrogens with one attached hydrogen (secondary N) is 1. The number of sulfonamides is 1. The van der Waals surface area contributed by atoms with Gasteiger partial charge in [-0.3, -0.25) is 4.79 Å². The Bertz CT molecular complexity index is 1060. The molecule has 3 rings (SSSR count). The van der Waals surface area contributed by atoms with Gasteiger partial charge in [-0.1, -0.05) is 20.8 Å². The fourth-order valence-electron chi connectivity index (χ4n) is 4.91. The lowest BCUT2D eigenvalue weighted by Crippen LogP contribution is -2.36. The van der Waals surface area contributed by atoms with E-state index in [1.807, 2.05) is 26.8 Å². The number of carbonyl (C=O) groups excluding carboxylic acids is 1. The van der Waals surface area contributed by atoms with Crippen molar-refractivity contribution < 1.29 is 13.2 Å². The van der Waals surface area contributed by atoms with Crippen LogP contribution in [0.25, 0.3) is 11.0 Å². The molecule has 1 saturated heterocycles. The summed E-state index contributed by atoms with van der Waals surface area (Å²) in [5, 5.41) is 3.04. The number of amides is 1. The van der Waals surface area contributed by atoms with Gasteiger partial charge in [-0.15, -0.1) is 0 Å². The third-order valence-corrected chi connectivity index (χ3v) is 8.79. The molecule has 1 amide bonds. The maximum atomic E-state index is 12.9. The van der Waals surface area contributed by atoms with E-state index in [-0.39, 0.29) is 10.8 Å². The van der Waals surface area contributed by atoms with Crippen molar-refractivity contribution in [2.45, 2.75) is 71.2 Å². The Balaban J connectivity index is 1.58. The first-order chi connectivity index (χ1) is 16.3. The van der Waals surface area contributed by atoms with Crippen molar-refractivity contribution in [3.63, 3.8) is 0 Å². The van der Waals surface area contributed by atoms with Gasteiger partial charge in [-0.2, -0.15) is 4.31 Å². The molecule has 8 nitrogen and oxygen atoms in total. The Hall–Kier alpha value is -1.97. The van der Waals surface area contributed by atoms with E-state index in [0.29, 0.717) is 44.5 Å². The number of rotatable bonds is 12. The molecule has 34 heavy (non-hydrogen) atoms. The summed E-state index contributed by atoms with van der Waals surface area (Å²) in [4.78, 5) is 19.9. The van der Waals surface area contributed by atoms with Crippen LogP contribution in [0.3, 0.4) is 0 Å². The van der Waals surface area contributed by atoms with Gasteiger partial charge in [0, 0.05) is 45.6 Å². The van der Waals surface area contributed by atoms with Gasteiger partial charge in [0.05, 0.1) is 15.9 Å². The van der Waals surface area contributed by atoms with Crippen LogP contribution in [0, 0.1) is 5.92 Å². The number of fused-ring (bicyclic) bond motifs is 1. The average Bonchev–Trinajstić information content (AvgIpc) is 3.18. The Morgan fingerprint density at radius 3 is 2.68 bits per heavy atom. The SMILES string of the molecule is CCN(CC)S(=O)(=O)c1ccc2c(c1)nc(CCC(=O)NCCCN1CCCC(C)C1)n2CC. The summed E-state index contributed by atoms with van der Waals surface area (Å²) < 4.78 is 29.3. The van der Waals surface area contributed by atoms with Crippen molar-refractivity contribution in [3.05, 3.63) is 24.0 Å². The van der Waals surface area contributed by atoms with Crippen LogP contribution in [-0.2, 0) is 27.8 Å². The summed E-state index contributed by atoms with van der Waals surface area (Å²) in [7, 11) is -3.54. The lowest BCUT2D eigenvalue weighted by molar-refractivity contribution is -0.121. The topological polar surface area (TPSA) is 87.5 Å². The average molecular weight is 492 g/mol. The highest BCUT2D eigenvalue weighted by molar-refractivity contribution is 7.89. The minimum Gasteiger partial charge on any atom is -0.356 e. The summed E-state index contributed by atoms with van der Waals surface area (Å²) >= 11 is 0. The van der Waals surface area contributed by atoms with Crippen LogP contribution in [0.2, 0.25) is 0 Å². The van der Waals surface area contributed by atoms with Crippen molar-refractivity contribution in [1.82, 2.24) is 24.1 Å². The van der Waals surface area contributed by atoms with E-state index in [9.17, 15) is 13.2 Å². The van der Waals surface area contributed by atoms with Gasteiger partial charge in [-0.05, 0) is 63.4 Å². The van der Waals surface area contributed by atoms with Gasteiger partial charge < -0.3 is 14.8 Å². The minimum atomic E-state index is -3.54. The quantitative estimate of drug-likeness (QED) is 0.461. The maximum Gasteiger partial charge on any atom is 0.243 e. The second-order valence-electron chi connectivity index (χ2n) is 9.26. The fraction of sp³-hybridized carbons (Fsp3) is 0.680. The zero-order valence-electron chi connectivity index (χ0n) is 21.2. The molecular formula is C25H41N5O3S. The van der Waals surface area contributed by atoms with Crippen LogP contribution < -0.4 is 5.32 Å². The second-order valence-corrected chi connectivity index (χ2v) is 11.2. The molecule has 1 N–H and O–H groups in total. The third kappa shape index (κ3) is 6.37. The number of piperidine rings is 1. The molecule has 0 aliphatic carbocycles. The van der Waals surface area contributed by atoms with E-state index >= 15 is 0 Å². The van der Waals surface area contributed by atoms with Crippen LogP contribution >= 0.6 is 0 Å². The summed E-state index contributed by atoms with van der Waals surface area (Å²) in [5.41, 5.74) is 1.55. The number of likely N-dealkylation sites (tertiary alicyclic amines) is 1. The van der Waals surface area contributed by atoms with Crippen molar-refractivity contribution in [1.29, 1.82) is 0 Å². The first-order valence-electron chi connectivity index (χ1n) is 12.8. The minimum absolute atomic E-state index is 0.0338. The molecule has 1 aromatic carbocycles. The normalized spacial score (nSPS) is 17.5. The van der Waals surface area contributed by atoms with Crippen molar-refractivity contribution >= 4 is 27.0 Å².